The van der Waals surface area contributed by atoms with Gasteiger partial charge in [0.15, 0.2) is 0 Å². The number of aliphatic hydroxyl groups is 1. The van der Waals surface area contributed by atoms with Crippen molar-refractivity contribution >= 4 is 0 Å². The van der Waals surface area contributed by atoms with E-state index in [1.165, 1.54) is 0 Å². The van der Waals surface area contributed by atoms with E-state index in [4.69, 9.17) is 0 Å². The first-order valence-corrected chi connectivity index (χ1v) is 6.22. The summed E-state index contributed by atoms with van der Waals surface area (Å²) >= 11 is 0. The maximum absolute atomic E-state index is 10.1. The molecule has 0 aliphatic heterocycles. The number of nitrogens with zero attached hydrogens (tertiary/aromatic N) is 2. The fraction of sp³-hybridized carbons (Fsp3) is 0.400. The van der Waals surface area contributed by atoms with Crippen LogP contribution in [0.25, 0.3) is 11.3 Å². The topological polar surface area (TPSA) is 38.0 Å². The molecule has 0 amide bonds. The predicted octanol–water partition coefficient (Wildman–Crippen LogP) is 2.96. The fourth-order valence-electron chi connectivity index (χ4n) is 1.69. The molecule has 1 aromatic carbocycles. The summed E-state index contributed by atoms with van der Waals surface area (Å²) in [5.74, 6) is 0. The van der Waals surface area contributed by atoms with Gasteiger partial charge in [-0.3, -0.25) is 0 Å². The molecule has 0 aliphatic carbocycles. The lowest BCUT2D eigenvalue weighted by molar-refractivity contribution is 0.0481. The first-order chi connectivity index (χ1) is 8.47. The average Bonchev–Trinajstić information content (AvgIpc) is 2.77. The first kappa shape index (κ1) is 12.8. The van der Waals surface area contributed by atoms with E-state index in [9.17, 15) is 5.11 Å². The minimum atomic E-state index is -0.379. The molecule has 1 atom stereocenters. The van der Waals surface area contributed by atoms with Crippen LogP contribution >= 0.6 is 0 Å². The van der Waals surface area contributed by atoms with E-state index < -0.39 is 0 Å². The zero-order valence-electron chi connectivity index (χ0n) is 11.2. The van der Waals surface area contributed by atoms with Crippen LogP contribution in [0.1, 0.15) is 20.8 Å². The fourth-order valence-corrected chi connectivity index (χ4v) is 1.69. The molecule has 0 unspecified atom stereocenters. The van der Waals surface area contributed by atoms with Gasteiger partial charge in [-0.2, -0.15) is 0 Å². The number of imidazole rings is 1. The van der Waals surface area contributed by atoms with Gasteiger partial charge in [0.2, 0.25) is 0 Å². The van der Waals surface area contributed by atoms with Crippen LogP contribution < -0.4 is 0 Å². The van der Waals surface area contributed by atoms with Gasteiger partial charge in [-0.25, -0.2) is 4.98 Å². The van der Waals surface area contributed by atoms with E-state index in [1.54, 1.807) is 6.33 Å². The van der Waals surface area contributed by atoms with Gasteiger partial charge in [-0.1, -0.05) is 51.1 Å². The van der Waals surface area contributed by atoms with Gasteiger partial charge in [-0.15, -0.1) is 0 Å². The summed E-state index contributed by atoms with van der Waals surface area (Å²) in [4.78, 5) is 4.37. The minimum absolute atomic E-state index is 0.114. The van der Waals surface area contributed by atoms with Crippen molar-refractivity contribution in [3.63, 3.8) is 0 Å². The Kier molecular flexibility index (Phi) is 3.53. The highest BCUT2D eigenvalue weighted by atomic mass is 16.3. The number of hydrogen-bond acceptors (Lipinski definition) is 2. The highest BCUT2D eigenvalue weighted by molar-refractivity contribution is 5.57. The van der Waals surface area contributed by atoms with Gasteiger partial charge in [0.1, 0.15) is 0 Å². The second kappa shape index (κ2) is 4.94. The zero-order valence-corrected chi connectivity index (χ0v) is 11.2. The Bertz CT molecular complexity index is 497. The van der Waals surface area contributed by atoms with Gasteiger partial charge >= 0.3 is 0 Å². The molecular weight excluding hydrogens is 224 g/mol. The molecule has 2 aromatic rings. The summed E-state index contributed by atoms with van der Waals surface area (Å²) in [5.41, 5.74) is 1.93. The van der Waals surface area contributed by atoms with Crippen LogP contribution in [0.4, 0.5) is 0 Å². The summed E-state index contributed by atoms with van der Waals surface area (Å²) in [5, 5.41) is 10.1. The maximum atomic E-state index is 10.1. The highest BCUT2D eigenvalue weighted by Crippen LogP contribution is 2.21. The molecule has 3 nitrogen and oxygen atoms in total. The van der Waals surface area contributed by atoms with Crippen LogP contribution in [-0.4, -0.2) is 20.8 Å². The smallest absolute Gasteiger partial charge is 0.0954 e. The largest absolute Gasteiger partial charge is 0.391 e. The van der Waals surface area contributed by atoms with Crippen molar-refractivity contribution in [3.8, 4) is 11.3 Å². The molecule has 2 rings (SSSR count). The Morgan fingerprint density at radius 2 is 1.89 bits per heavy atom. The number of aromatic nitrogens is 2. The molecule has 1 N–H and O–H groups in total. The molecule has 18 heavy (non-hydrogen) atoms. The van der Waals surface area contributed by atoms with Gasteiger partial charge < -0.3 is 9.67 Å². The Balaban J connectivity index is 2.12. The second-order valence-corrected chi connectivity index (χ2v) is 5.70. The quantitative estimate of drug-likeness (QED) is 0.901. The number of aliphatic hydroxyl groups excluding tert-OH is 1. The molecule has 1 aromatic heterocycles. The maximum Gasteiger partial charge on any atom is 0.0954 e. The van der Waals surface area contributed by atoms with E-state index >= 15 is 0 Å². The van der Waals surface area contributed by atoms with Crippen molar-refractivity contribution in [2.24, 2.45) is 5.41 Å². The van der Waals surface area contributed by atoms with E-state index in [0.29, 0.717) is 6.54 Å². The third-order valence-corrected chi connectivity index (χ3v) is 3.09. The number of hydrogen-bond donors (Lipinski definition) is 1. The molecule has 0 fully saturated rings. The Hall–Kier alpha value is -1.61. The lowest BCUT2D eigenvalue weighted by atomic mass is 9.89. The van der Waals surface area contributed by atoms with Gasteiger partial charge in [0.25, 0.3) is 0 Å². The van der Waals surface area contributed by atoms with Gasteiger partial charge in [-0.05, 0) is 5.41 Å². The van der Waals surface area contributed by atoms with Crippen LogP contribution in [0.2, 0.25) is 0 Å². The van der Waals surface area contributed by atoms with E-state index in [2.05, 4.69) is 4.98 Å². The van der Waals surface area contributed by atoms with Crippen LogP contribution in [-0.2, 0) is 6.54 Å². The Morgan fingerprint density at radius 1 is 1.22 bits per heavy atom. The minimum Gasteiger partial charge on any atom is -0.391 e. The van der Waals surface area contributed by atoms with Crippen LogP contribution in [0.15, 0.2) is 42.9 Å². The Labute approximate surface area is 108 Å². The van der Waals surface area contributed by atoms with E-state index in [-0.39, 0.29) is 11.5 Å². The number of benzene rings is 1. The molecule has 0 saturated heterocycles. The zero-order chi connectivity index (χ0) is 13.2. The predicted molar refractivity (Wildman–Crippen MR) is 73.1 cm³/mol. The van der Waals surface area contributed by atoms with Crippen molar-refractivity contribution in [2.75, 3.05) is 0 Å². The van der Waals surface area contributed by atoms with Crippen molar-refractivity contribution in [1.82, 2.24) is 9.55 Å². The summed E-state index contributed by atoms with van der Waals surface area (Å²) in [6.07, 6.45) is 3.37. The van der Waals surface area contributed by atoms with Crippen LogP contribution in [0, 0.1) is 5.41 Å². The van der Waals surface area contributed by atoms with Gasteiger partial charge in [0, 0.05) is 11.8 Å². The highest BCUT2D eigenvalue weighted by Gasteiger charge is 2.22. The lowest BCUT2D eigenvalue weighted by Crippen LogP contribution is -2.30. The molecule has 96 valence electrons. The van der Waals surface area contributed by atoms with Crippen molar-refractivity contribution < 1.29 is 5.11 Å². The average molecular weight is 244 g/mol. The molecule has 0 radical (unpaired) electrons. The first-order valence-electron chi connectivity index (χ1n) is 6.22. The third kappa shape index (κ3) is 2.99. The van der Waals surface area contributed by atoms with Crippen LogP contribution in [0.3, 0.4) is 0 Å². The molecule has 0 bridgehead atoms. The monoisotopic (exact) mass is 244 g/mol. The second-order valence-electron chi connectivity index (χ2n) is 5.70. The molecule has 1 heterocycles. The van der Waals surface area contributed by atoms with E-state index in [0.717, 1.165) is 11.3 Å². The van der Waals surface area contributed by atoms with E-state index in [1.807, 2.05) is 61.9 Å². The summed E-state index contributed by atoms with van der Waals surface area (Å²) in [6.45, 7) is 6.68. The summed E-state index contributed by atoms with van der Waals surface area (Å²) in [7, 11) is 0. The molecule has 3 heteroatoms. The standard InChI is InChI=1S/C15H20N2O/c1-15(2,3)14(18)10-17-9-13(16-11-17)12-7-5-4-6-8-12/h4-9,11,14,18H,10H2,1-3H3/t14-/m1/s1. The summed E-state index contributed by atoms with van der Waals surface area (Å²) in [6, 6.07) is 10.1. The molecule has 0 spiro atoms. The molecular formula is C15H20N2O. The van der Waals surface area contributed by atoms with Crippen molar-refractivity contribution in [3.05, 3.63) is 42.9 Å². The third-order valence-electron chi connectivity index (χ3n) is 3.09. The van der Waals surface area contributed by atoms with Crippen molar-refractivity contribution in [1.29, 1.82) is 0 Å². The normalized spacial score (nSPS) is 13.6. The van der Waals surface area contributed by atoms with Gasteiger partial charge in [0.05, 0.1) is 24.7 Å². The lowest BCUT2D eigenvalue weighted by Gasteiger charge is -2.25. The molecule has 0 saturated carbocycles. The van der Waals surface area contributed by atoms with Crippen molar-refractivity contribution in [2.45, 2.75) is 33.4 Å². The SMILES string of the molecule is CC(C)(C)[C@H](O)Cn1cnc(-c2ccccc2)c1. The summed E-state index contributed by atoms with van der Waals surface area (Å²) < 4.78 is 1.94. The number of rotatable bonds is 3. The molecule has 0 aliphatic rings. The Morgan fingerprint density at radius 3 is 2.50 bits per heavy atom. The van der Waals surface area contributed by atoms with Crippen LogP contribution in [0.5, 0.6) is 0 Å².